The maximum Gasteiger partial charge on any atom is 0.191 e. The second-order valence-corrected chi connectivity index (χ2v) is 4.54. The molecule has 0 aromatic carbocycles. The van der Waals surface area contributed by atoms with Crippen LogP contribution in [0.5, 0.6) is 0 Å². The standard InChI is InChI=1S/C12H21N3OS.HI/c1-3-13-12(15-8-9-16-2)14-7-6-11-5-4-10-17-11;/h4-5,10H,3,6-9H2,1-2H3,(H2,13,14,15);1H. The van der Waals surface area contributed by atoms with Gasteiger partial charge in [-0.05, 0) is 24.8 Å². The fourth-order valence-electron chi connectivity index (χ4n) is 1.35. The Morgan fingerprint density at radius 2 is 2.28 bits per heavy atom. The molecule has 0 unspecified atom stereocenters. The summed E-state index contributed by atoms with van der Waals surface area (Å²) in [4.78, 5) is 5.79. The second-order valence-electron chi connectivity index (χ2n) is 3.51. The molecule has 1 heterocycles. The molecule has 0 saturated heterocycles. The number of nitrogens with one attached hydrogen (secondary N) is 2. The predicted molar refractivity (Wildman–Crippen MR) is 89.3 cm³/mol. The van der Waals surface area contributed by atoms with Gasteiger partial charge in [0.15, 0.2) is 5.96 Å². The van der Waals surface area contributed by atoms with Crippen LogP contribution in [0.1, 0.15) is 11.8 Å². The van der Waals surface area contributed by atoms with Gasteiger partial charge in [-0.3, -0.25) is 4.99 Å². The number of rotatable bonds is 7. The van der Waals surface area contributed by atoms with Crippen LogP contribution in [0, 0.1) is 0 Å². The van der Waals surface area contributed by atoms with Gasteiger partial charge < -0.3 is 15.4 Å². The third kappa shape index (κ3) is 7.88. The summed E-state index contributed by atoms with van der Waals surface area (Å²) in [6.07, 6.45) is 1.03. The molecule has 0 fully saturated rings. The van der Waals surface area contributed by atoms with Gasteiger partial charge in [-0.2, -0.15) is 0 Å². The van der Waals surface area contributed by atoms with Gasteiger partial charge in [-0.25, -0.2) is 0 Å². The highest BCUT2D eigenvalue weighted by Gasteiger charge is 1.97. The van der Waals surface area contributed by atoms with Gasteiger partial charge in [0.05, 0.1) is 13.2 Å². The summed E-state index contributed by atoms with van der Waals surface area (Å²) in [5.74, 6) is 0.862. The molecule has 0 aliphatic rings. The zero-order valence-corrected chi connectivity index (χ0v) is 14.1. The predicted octanol–water partition coefficient (Wildman–Crippen LogP) is 2.11. The van der Waals surface area contributed by atoms with Crippen LogP contribution < -0.4 is 10.6 Å². The first-order valence-electron chi connectivity index (χ1n) is 5.90. The lowest BCUT2D eigenvalue weighted by molar-refractivity contribution is 0.208. The number of thiophene rings is 1. The normalized spacial score (nSPS) is 10.9. The van der Waals surface area contributed by atoms with Crippen LogP contribution >= 0.6 is 35.3 Å². The Bertz CT molecular complexity index is 317. The van der Waals surface area contributed by atoms with Gasteiger partial charge >= 0.3 is 0 Å². The maximum absolute atomic E-state index is 4.97. The van der Waals surface area contributed by atoms with E-state index in [4.69, 9.17) is 4.74 Å². The fraction of sp³-hybridized carbons (Fsp3) is 0.583. The van der Waals surface area contributed by atoms with Crippen LogP contribution in [0.15, 0.2) is 22.5 Å². The lowest BCUT2D eigenvalue weighted by Crippen LogP contribution is -2.38. The third-order valence-corrected chi connectivity index (χ3v) is 3.09. The molecule has 2 N–H and O–H groups in total. The quantitative estimate of drug-likeness (QED) is 0.328. The Labute approximate surface area is 130 Å². The van der Waals surface area contributed by atoms with Gasteiger partial charge in [0.1, 0.15) is 0 Å². The van der Waals surface area contributed by atoms with Crippen LogP contribution in [0.2, 0.25) is 0 Å². The summed E-state index contributed by atoms with van der Waals surface area (Å²) < 4.78 is 4.97. The zero-order chi connectivity index (χ0) is 12.3. The minimum Gasteiger partial charge on any atom is -0.383 e. The van der Waals surface area contributed by atoms with E-state index in [1.165, 1.54) is 4.88 Å². The smallest absolute Gasteiger partial charge is 0.191 e. The summed E-state index contributed by atoms with van der Waals surface area (Å²) >= 11 is 1.79. The summed E-state index contributed by atoms with van der Waals surface area (Å²) in [5, 5.41) is 8.62. The Morgan fingerprint density at radius 1 is 1.44 bits per heavy atom. The second kappa shape index (κ2) is 11.7. The minimum absolute atomic E-state index is 0. The molecule has 18 heavy (non-hydrogen) atoms. The topological polar surface area (TPSA) is 45.7 Å². The van der Waals surface area contributed by atoms with Crippen molar-refractivity contribution in [2.24, 2.45) is 4.99 Å². The average Bonchev–Trinajstić information content (AvgIpc) is 2.82. The van der Waals surface area contributed by atoms with E-state index in [2.05, 4.69) is 40.1 Å². The molecule has 1 aromatic heterocycles. The highest BCUT2D eigenvalue weighted by atomic mass is 127. The summed E-state index contributed by atoms with van der Waals surface area (Å²) in [7, 11) is 1.69. The number of guanidine groups is 1. The molecule has 4 nitrogen and oxygen atoms in total. The number of nitrogens with zero attached hydrogens (tertiary/aromatic N) is 1. The molecular weight excluding hydrogens is 361 g/mol. The van der Waals surface area contributed by atoms with Crippen LogP contribution in [0.4, 0.5) is 0 Å². The number of ether oxygens (including phenoxy) is 1. The number of hydrogen-bond acceptors (Lipinski definition) is 3. The Morgan fingerprint density at radius 3 is 2.89 bits per heavy atom. The zero-order valence-electron chi connectivity index (χ0n) is 10.9. The Kier molecular flexibility index (Phi) is 11.5. The number of halogens is 1. The molecule has 0 aliphatic carbocycles. The highest BCUT2D eigenvalue weighted by molar-refractivity contribution is 14.0. The van der Waals surface area contributed by atoms with Crippen molar-refractivity contribution in [1.82, 2.24) is 10.6 Å². The number of methoxy groups -OCH3 is 1. The summed E-state index contributed by atoms with van der Waals surface area (Å²) in [6.45, 7) is 5.18. The molecule has 0 bridgehead atoms. The van der Waals surface area contributed by atoms with Crippen molar-refractivity contribution in [2.75, 3.05) is 33.4 Å². The van der Waals surface area contributed by atoms with Gasteiger partial charge in [0.25, 0.3) is 0 Å². The third-order valence-electron chi connectivity index (χ3n) is 2.15. The van der Waals surface area contributed by atoms with Gasteiger partial charge in [0.2, 0.25) is 0 Å². The molecule has 0 aliphatic heterocycles. The highest BCUT2D eigenvalue weighted by Crippen LogP contribution is 2.07. The molecule has 0 spiro atoms. The maximum atomic E-state index is 4.97. The minimum atomic E-state index is 0. The van der Waals surface area contributed by atoms with Crippen LogP contribution in [-0.2, 0) is 11.2 Å². The van der Waals surface area contributed by atoms with Crippen molar-refractivity contribution < 1.29 is 4.74 Å². The lowest BCUT2D eigenvalue weighted by atomic mass is 10.3. The Hall–Kier alpha value is -0.340. The van der Waals surface area contributed by atoms with E-state index >= 15 is 0 Å². The largest absolute Gasteiger partial charge is 0.383 e. The molecule has 0 atom stereocenters. The van der Waals surface area contributed by atoms with Crippen molar-refractivity contribution in [1.29, 1.82) is 0 Å². The molecule has 0 amide bonds. The molecular formula is C12H22IN3OS. The number of hydrogen-bond donors (Lipinski definition) is 2. The summed E-state index contributed by atoms with van der Waals surface area (Å²) in [6, 6.07) is 4.24. The SMILES string of the molecule is CCNC(=NCCOC)NCCc1cccs1.I. The van der Waals surface area contributed by atoms with E-state index in [9.17, 15) is 0 Å². The van der Waals surface area contributed by atoms with Crippen LogP contribution in [0.3, 0.4) is 0 Å². The molecule has 1 rings (SSSR count). The lowest BCUT2D eigenvalue weighted by Gasteiger charge is -2.10. The molecule has 0 saturated carbocycles. The first-order valence-corrected chi connectivity index (χ1v) is 6.78. The first kappa shape index (κ1) is 17.7. The Balaban J connectivity index is 0.00000289. The van der Waals surface area contributed by atoms with Crippen molar-refractivity contribution in [3.63, 3.8) is 0 Å². The average molecular weight is 383 g/mol. The molecule has 6 heteroatoms. The van der Waals surface area contributed by atoms with E-state index < -0.39 is 0 Å². The van der Waals surface area contributed by atoms with Crippen molar-refractivity contribution in [3.8, 4) is 0 Å². The first-order chi connectivity index (χ1) is 8.36. The van der Waals surface area contributed by atoms with Gasteiger partial charge in [-0.15, -0.1) is 35.3 Å². The van der Waals surface area contributed by atoms with Crippen molar-refractivity contribution >= 4 is 41.3 Å². The van der Waals surface area contributed by atoms with E-state index in [1.54, 1.807) is 18.4 Å². The van der Waals surface area contributed by atoms with E-state index in [1.807, 2.05) is 0 Å². The van der Waals surface area contributed by atoms with Crippen LogP contribution in [0.25, 0.3) is 0 Å². The van der Waals surface area contributed by atoms with Crippen LogP contribution in [-0.4, -0.2) is 39.3 Å². The fourth-order valence-corrected chi connectivity index (χ4v) is 2.06. The van der Waals surface area contributed by atoms with Crippen molar-refractivity contribution in [3.05, 3.63) is 22.4 Å². The van der Waals surface area contributed by atoms with Gasteiger partial charge in [0, 0.05) is 25.1 Å². The van der Waals surface area contributed by atoms with E-state index in [0.29, 0.717) is 13.2 Å². The van der Waals surface area contributed by atoms with Crippen molar-refractivity contribution in [2.45, 2.75) is 13.3 Å². The van der Waals surface area contributed by atoms with E-state index in [0.717, 1.165) is 25.5 Å². The van der Waals surface area contributed by atoms with Gasteiger partial charge in [-0.1, -0.05) is 6.07 Å². The van der Waals surface area contributed by atoms with E-state index in [-0.39, 0.29) is 24.0 Å². The molecule has 1 aromatic rings. The monoisotopic (exact) mass is 383 g/mol. The summed E-state index contributed by atoms with van der Waals surface area (Å²) in [5.41, 5.74) is 0. The molecule has 0 radical (unpaired) electrons. The number of aliphatic imine (C=N–C) groups is 1. The molecule has 104 valence electrons.